The maximum absolute atomic E-state index is 13.1. The smallest absolute Gasteiger partial charge is 0.263 e. The third-order valence-electron chi connectivity index (χ3n) is 1.88. The van der Waals surface area contributed by atoms with Crippen molar-refractivity contribution in [2.45, 2.75) is 0 Å². The summed E-state index contributed by atoms with van der Waals surface area (Å²) in [5, 5.41) is 19.9. The summed E-state index contributed by atoms with van der Waals surface area (Å²) in [7, 11) is 0. The third kappa shape index (κ3) is 1.14. The second kappa shape index (κ2) is 2.80. The number of nitrogens with zero attached hydrogens (tertiary/aromatic N) is 1. The molecule has 0 spiro atoms. The van der Waals surface area contributed by atoms with E-state index in [9.17, 15) is 14.0 Å². The van der Waals surface area contributed by atoms with Gasteiger partial charge >= 0.3 is 0 Å². The van der Waals surface area contributed by atoms with Gasteiger partial charge in [0.05, 0.1) is 5.39 Å². The van der Waals surface area contributed by atoms with E-state index < -0.39 is 22.9 Å². The Balaban J connectivity index is 3.00. The molecule has 3 nitrogen and oxygen atoms in total. The lowest BCUT2D eigenvalue weighted by Gasteiger charge is -2.03. The van der Waals surface area contributed by atoms with E-state index in [1.165, 1.54) is 0 Å². The van der Waals surface area contributed by atoms with E-state index >= 15 is 0 Å². The lowest BCUT2D eigenvalue weighted by atomic mass is 10.2. The van der Waals surface area contributed by atoms with E-state index in [-0.39, 0.29) is 10.1 Å². The summed E-state index contributed by atoms with van der Waals surface area (Å²) in [6.45, 7) is 0. The average Bonchev–Trinajstić information content (AvgIpc) is 2.10. The van der Waals surface area contributed by atoms with Gasteiger partial charge in [-0.05, 0) is 12.1 Å². The largest absolute Gasteiger partial charge is 0.618 e. The molecular weight excluding hydrogens is 192 g/mol. The van der Waals surface area contributed by atoms with Crippen LogP contribution in [0, 0.1) is 16.8 Å². The van der Waals surface area contributed by atoms with Gasteiger partial charge in [-0.15, -0.1) is 0 Å². The van der Waals surface area contributed by atoms with Crippen LogP contribution >= 0.6 is 0 Å². The third-order valence-corrected chi connectivity index (χ3v) is 1.88. The van der Waals surface area contributed by atoms with Crippen LogP contribution < -0.4 is 4.73 Å². The van der Waals surface area contributed by atoms with Gasteiger partial charge in [-0.1, -0.05) is 0 Å². The van der Waals surface area contributed by atoms with Gasteiger partial charge < -0.3 is 10.3 Å². The van der Waals surface area contributed by atoms with Gasteiger partial charge in [-0.2, -0.15) is 9.12 Å². The number of hydrogen-bond donors (Lipinski definition) is 1. The molecule has 1 heterocycles. The summed E-state index contributed by atoms with van der Waals surface area (Å²) in [6, 6.07) is 2.77. The number of rotatable bonds is 0. The molecule has 0 bridgehead atoms. The summed E-state index contributed by atoms with van der Waals surface area (Å²) in [4.78, 5) is 0. The van der Waals surface area contributed by atoms with Gasteiger partial charge in [0.1, 0.15) is 5.82 Å². The molecule has 0 unspecified atom stereocenters. The normalized spacial score (nSPS) is 10.7. The van der Waals surface area contributed by atoms with E-state index in [2.05, 4.69) is 0 Å². The molecule has 0 saturated heterocycles. The predicted molar refractivity (Wildman–Crippen MR) is 44.5 cm³/mol. The Labute approximate surface area is 77.4 Å². The average molecular weight is 197 g/mol. The molecule has 0 amide bonds. The van der Waals surface area contributed by atoms with Crippen molar-refractivity contribution in [2.24, 2.45) is 0 Å². The van der Waals surface area contributed by atoms with Crippen molar-refractivity contribution in [1.82, 2.24) is 0 Å². The van der Waals surface area contributed by atoms with Crippen LogP contribution in [0.5, 0.6) is 5.75 Å². The number of halogens is 2. The minimum Gasteiger partial charge on any atom is -0.618 e. The number of aromatic hydroxyl groups is 1. The summed E-state index contributed by atoms with van der Waals surface area (Å²) in [5.74, 6) is -1.98. The molecule has 0 aliphatic rings. The molecular formula is C9H5F2NO2. The van der Waals surface area contributed by atoms with Crippen LogP contribution in [0.2, 0.25) is 0 Å². The highest BCUT2D eigenvalue weighted by molar-refractivity contribution is 5.78. The van der Waals surface area contributed by atoms with Gasteiger partial charge in [-0.25, -0.2) is 4.39 Å². The van der Waals surface area contributed by atoms with Crippen LogP contribution in [-0.2, 0) is 0 Å². The van der Waals surface area contributed by atoms with Crippen molar-refractivity contribution in [3.05, 3.63) is 41.2 Å². The highest BCUT2D eigenvalue weighted by Gasteiger charge is 2.15. The van der Waals surface area contributed by atoms with Crippen molar-refractivity contribution in [3.63, 3.8) is 0 Å². The highest BCUT2D eigenvalue weighted by Crippen LogP contribution is 2.21. The quantitative estimate of drug-likeness (QED) is 0.513. The van der Waals surface area contributed by atoms with Crippen LogP contribution in [0.25, 0.3) is 10.9 Å². The second-order valence-electron chi connectivity index (χ2n) is 2.82. The molecule has 0 aliphatic carbocycles. The molecule has 5 heteroatoms. The number of fused-ring (bicyclic) bond motifs is 1. The van der Waals surface area contributed by atoms with Crippen molar-refractivity contribution >= 4 is 10.9 Å². The van der Waals surface area contributed by atoms with Gasteiger partial charge in [-0.3, -0.25) is 0 Å². The fraction of sp³-hybridized carbons (Fsp3) is 0. The monoisotopic (exact) mass is 197 g/mol. The number of benzene rings is 1. The van der Waals surface area contributed by atoms with Crippen LogP contribution in [0.4, 0.5) is 8.78 Å². The first-order valence-electron chi connectivity index (χ1n) is 3.79. The molecule has 0 aliphatic heterocycles. The van der Waals surface area contributed by atoms with Gasteiger partial charge in [0.25, 0.3) is 5.52 Å². The fourth-order valence-corrected chi connectivity index (χ4v) is 1.29. The molecule has 72 valence electrons. The van der Waals surface area contributed by atoms with Crippen LogP contribution in [-0.4, -0.2) is 5.11 Å². The first kappa shape index (κ1) is 8.68. The molecule has 0 atom stereocenters. The maximum Gasteiger partial charge on any atom is 0.263 e. The zero-order valence-corrected chi connectivity index (χ0v) is 6.87. The van der Waals surface area contributed by atoms with E-state index in [0.29, 0.717) is 0 Å². The molecule has 1 aromatic heterocycles. The Morgan fingerprint density at radius 2 is 1.86 bits per heavy atom. The first-order valence-corrected chi connectivity index (χ1v) is 3.79. The molecule has 14 heavy (non-hydrogen) atoms. The SMILES string of the molecule is [O-][n+]1cc(O)cc2c(F)ccc(F)c21. The van der Waals surface area contributed by atoms with Crippen molar-refractivity contribution in [2.75, 3.05) is 0 Å². The topological polar surface area (TPSA) is 47.2 Å². The lowest BCUT2D eigenvalue weighted by Crippen LogP contribution is -2.27. The molecule has 2 rings (SSSR count). The summed E-state index contributed by atoms with van der Waals surface area (Å²) < 4.78 is 26.3. The van der Waals surface area contributed by atoms with Crippen molar-refractivity contribution in [1.29, 1.82) is 0 Å². The number of pyridine rings is 1. The molecule has 1 N–H and O–H groups in total. The minimum atomic E-state index is -0.823. The lowest BCUT2D eigenvalue weighted by molar-refractivity contribution is -0.578. The minimum absolute atomic E-state index is 0.100. The molecule has 0 radical (unpaired) electrons. The number of hydrogen-bond acceptors (Lipinski definition) is 2. The highest BCUT2D eigenvalue weighted by atomic mass is 19.1. The Kier molecular flexibility index (Phi) is 1.73. The molecule has 1 aromatic carbocycles. The molecule has 2 aromatic rings. The van der Waals surface area contributed by atoms with Gasteiger partial charge in [0.2, 0.25) is 6.20 Å². The van der Waals surface area contributed by atoms with E-state index in [0.717, 1.165) is 24.4 Å². The van der Waals surface area contributed by atoms with Gasteiger partial charge in [0.15, 0.2) is 11.6 Å². The second-order valence-corrected chi connectivity index (χ2v) is 2.82. The van der Waals surface area contributed by atoms with E-state index in [1.807, 2.05) is 0 Å². The van der Waals surface area contributed by atoms with Crippen LogP contribution in [0.15, 0.2) is 24.4 Å². The van der Waals surface area contributed by atoms with Crippen molar-refractivity contribution < 1.29 is 18.6 Å². The summed E-state index contributed by atoms with van der Waals surface area (Å²) in [6.07, 6.45) is 0.769. The van der Waals surface area contributed by atoms with Crippen LogP contribution in [0.1, 0.15) is 0 Å². The number of aromatic nitrogens is 1. The Bertz CT molecular complexity index is 514. The Morgan fingerprint density at radius 1 is 1.21 bits per heavy atom. The molecule has 0 saturated carbocycles. The zero-order chi connectivity index (χ0) is 10.3. The Morgan fingerprint density at radius 3 is 2.57 bits per heavy atom. The maximum atomic E-state index is 13.1. The standard InChI is InChI=1S/C9H5F2NO2/c10-7-1-2-8(11)9-6(7)3-5(13)4-12(9)14/h1-4,13H. The fourth-order valence-electron chi connectivity index (χ4n) is 1.29. The zero-order valence-electron chi connectivity index (χ0n) is 6.87. The van der Waals surface area contributed by atoms with Crippen molar-refractivity contribution in [3.8, 4) is 5.75 Å². The molecule has 0 fully saturated rings. The first-order chi connectivity index (χ1) is 6.59. The van der Waals surface area contributed by atoms with Crippen LogP contribution in [0.3, 0.4) is 0 Å². The van der Waals surface area contributed by atoms with E-state index in [4.69, 9.17) is 5.11 Å². The van der Waals surface area contributed by atoms with Gasteiger partial charge in [0, 0.05) is 6.07 Å². The summed E-state index contributed by atoms with van der Waals surface area (Å²) in [5.41, 5.74) is -0.414. The Hall–Kier alpha value is -1.91. The van der Waals surface area contributed by atoms with E-state index in [1.54, 1.807) is 0 Å². The summed E-state index contributed by atoms with van der Waals surface area (Å²) >= 11 is 0. The predicted octanol–water partition coefficient (Wildman–Crippen LogP) is 1.46.